The molecule has 1 saturated heterocycles. The van der Waals surface area contributed by atoms with E-state index in [1.54, 1.807) is 6.07 Å². The van der Waals surface area contributed by atoms with Crippen LogP contribution in [0.1, 0.15) is 23.7 Å². The molecule has 2 aromatic carbocycles. The van der Waals surface area contributed by atoms with Gasteiger partial charge in [-0.1, -0.05) is 6.07 Å². The van der Waals surface area contributed by atoms with Gasteiger partial charge in [0.05, 0.1) is 29.6 Å². The number of hydrogen-bond acceptors (Lipinski definition) is 5. The van der Waals surface area contributed by atoms with Gasteiger partial charge in [0.25, 0.3) is 5.91 Å². The highest BCUT2D eigenvalue weighted by molar-refractivity contribution is 6.06. The number of benzene rings is 2. The summed E-state index contributed by atoms with van der Waals surface area (Å²) >= 11 is 0. The molecule has 3 aromatic rings. The highest BCUT2D eigenvalue weighted by Crippen LogP contribution is 2.35. The van der Waals surface area contributed by atoms with Crippen molar-refractivity contribution in [3.8, 4) is 17.0 Å². The van der Waals surface area contributed by atoms with E-state index in [2.05, 4.69) is 10.3 Å². The van der Waals surface area contributed by atoms with Crippen LogP contribution in [0.25, 0.3) is 11.3 Å². The van der Waals surface area contributed by atoms with Crippen molar-refractivity contribution in [2.75, 3.05) is 23.9 Å². The fraction of sp³-hybridized carbons (Fsp3) is 0.250. The lowest BCUT2D eigenvalue weighted by Gasteiger charge is -2.26. The van der Waals surface area contributed by atoms with Crippen LogP contribution in [0.2, 0.25) is 0 Å². The Labute approximate surface area is 189 Å². The molecule has 0 spiro atoms. The minimum atomic E-state index is -1.02. The molecule has 1 fully saturated rings. The Bertz CT molecular complexity index is 1200. The van der Waals surface area contributed by atoms with E-state index in [1.807, 2.05) is 11.8 Å². The van der Waals surface area contributed by atoms with Gasteiger partial charge in [0.1, 0.15) is 23.1 Å². The van der Waals surface area contributed by atoms with Crippen LogP contribution >= 0.6 is 0 Å². The lowest BCUT2D eigenvalue weighted by Crippen LogP contribution is -2.30. The molecule has 172 valence electrons. The topological polar surface area (TPSA) is 80.5 Å². The Morgan fingerprint density at radius 3 is 2.70 bits per heavy atom. The van der Waals surface area contributed by atoms with Crippen molar-refractivity contribution in [3.05, 3.63) is 71.7 Å². The van der Waals surface area contributed by atoms with E-state index in [0.29, 0.717) is 12.2 Å². The van der Waals surface area contributed by atoms with Gasteiger partial charge in [-0.15, -0.1) is 0 Å². The summed E-state index contributed by atoms with van der Waals surface area (Å²) in [6, 6.07) is 9.25. The van der Waals surface area contributed by atoms with Crippen LogP contribution in [0.15, 0.2) is 48.7 Å². The minimum Gasteiger partial charge on any atom is -0.496 e. The summed E-state index contributed by atoms with van der Waals surface area (Å²) in [5, 5.41) is 2.59. The van der Waals surface area contributed by atoms with Crippen molar-refractivity contribution >= 4 is 17.3 Å². The number of methoxy groups -OCH3 is 1. The Morgan fingerprint density at radius 2 is 2.00 bits per heavy atom. The van der Waals surface area contributed by atoms with Gasteiger partial charge in [-0.2, -0.15) is 0 Å². The fourth-order valence-electron chi connectivity index (χ4n) is 4.15. The van der Waals surface area contributed by atoms with E-state index in [9.17, 15) is 13.6 Å². The summed E-state index contributed by atoms with van der Waals surface area (Å²) in [4.78, 5) is 18.9. The molecule has 2 atom stereocenters. The first-order chi connectivity index (χ1) is 15.8. The fourth-order valence-corrected chi connectivity index (χ4v) is 4.15. The second-order valence-corrected chi connectivity index (χ2v) is 7.95. The third kappa shape index (κ3) is 4.36. The third-order valence-corrected chi connectivity index (χ3v) is 5.69. The van der Waals surface area contributed by atoms with Gasteiger partial charge in [0.2, 0.25) is 0 Å². The molecule has 0 bridgehead atoms. The maximum Gasteiger partial charge on any atom is 0.258 e. The highest BCUT2D eigenvalue weighted by Gasteiger charge is 2.29. The van der Waals surface area contributed by atoms with E-state index in [0.717, 1.165) is 12.5 Å². The number of amides is 1. The normalized spacial score (nSPS) is 17.8. The van der Waals surface area contributed by atoms with Crippen molar-refractivity contribution < 1.29 is 22.7 Å². The van der Waals surface area contributed by atoms with Gasteiger partial charge >= 0.3 is 0 Å². The molecule has 1 aromatic heterocycles. The number of rotatable bonds is 5. The number of halogens is 3. The number of aromatic nitrogens is 1. The van der Waals surface area contributed by atoms with E-state index in [-0.39, 0.29) is 40.3 Å². The number of nitrogens with one attached hydrogen (secondary N) is 1. The summed E-state index contributed by atoms with van der Waals surface area (Å²) < 4.78 is 49.0. The summed E-state index contributed by atoms with van der Waals surface area (Å²) in [6.45, 7) is 2.52. The van der Waals surface area contributed by atoms with Gasteiger partial charge in [0.15, 0.2) is 5.82 Å². The number of carbonyl (C=O) groups excluding carboxylic acids is 1. The van der Waals surface area contributed by atoms with E-state index in [4.69, 9.17) is 10.5 Å². The van der Waals surface area contributed by atoms with Gasteiger partial charge in [-0.3, -0.25) is 9.78 Å². The largest absolute Gasteiger partial charge is 0.496 e. The average Bonchev–Trinajstić information content (AvgIpc) is 3.11. The average molecular weight is 456 g/mol. The van der Waals surface area contributed by atoms with Crippen LogP contribution < -0.4 is 20.7 Å². The Kier molecular flexibility index (Phi) is 6.24. The SMILES string of the molecule is COc1cccc(F)c1-c1nccc(C(=O)Nc2cc(F)ccc2N2CC(N)CC2C)c1F. The van der Waals surface area contributed by atoms with Crippen molar-refractivity contribution in [2.24, 2.45) is 5.73 Å². The molecule has 0 radical (unpaired) electrons. The molecule has 4 rings (SSSR count). The summed E-state index contributed by atoms with van der Waals surface area (Å²) in [5.74, 6) is -3.07. The van der Waals surface area contributed by atoms with Crippen molar-refractivity contribution in [1.29, 1.82) is 0 Å². The number of carbonyl (C=O) groups is 1. The molecule has 3 N–H and O–H groups in total. The summed E-state index contributed by atoms with van der Waals surface area (Å²) in [6.07, 6.45) is 1.95. The minimum absolute atomic E-state index is 0.0513. The third-order valence-electron chi connectivity index (χ3n) is 5.69. The van der Waals surface area contributed by atoms with Crippen LogP contribution in [0.4, 0.5) is 24.5 Å². The monoisotopic (exact) mass is 456 g/mol. The predicted molar refractivity (Wildman–Crippen MR) is 120 cm³/mol. The molecule has 1 amide bonds. The zero-order chi connectivity index (χ0) is 23.7. The summed E-state index contributed by atoms with van der Waals surface area (Å²) in [5.41, 5.74) is 5.88. The number of ether oxygens (including phenoxy) is 1. The van der Waals surface area contributed by atoms with Crippen molar-refractivity contribution in [3.63, 3.8) is 0 Å². The number of pyridine rings is 1. The molecule has 2 heterocycles. The molecule has 9 heteroatoms. The van der Waals surface area contributed by atoms with Crippen LogP contribution in [0, 0.1) is 17.5 Å². The molecule has 0 aliphatic carbocycles. The lowest BCUT2D eigenvalue weighted by atomic mass is 10.1. The molecular formula is C24H23F3N4O2. The predicted octanol–water partition coefficient (Wildman–Crippen LogP) is 4.35. The Morgan fingerprint density at radius 1 is 1.21 bits per heavy atom. The first-order valence-electron chi connectivity index (χ1n) is 10.4. The summed E-state index contributed by atoms with van der Waals surface area (Å²) in [7, 11) is 1.32. The Balaban J connectivity index is 1.71. The van der Waals surface area contributed by atoms with E-state index >= 15 is 4.39 Å². The molecule has 2 unspecified atom stereocenters. The Hall–Kier alpha value is -3.59. The first-order valence-corrected chi connectivity index (χ1v) is 10.4. The standard InChI is InChI=1S/C24H23F3N4O2/c1-13-10-15(28)12-31(13)19-7-6-14(25)11-18(19)30-24(32)16-8-9-29-23(22(16)27)21-17(26)4-3-5-20(21)33-2/h3-9,11,13,15H,10,12,28H2,1-2H3,(H,30,32). The first kappa shape index (κ1) is 22.6. The molecular weight excluding hydrogens is 433 g/mol. The number of nitrogens with zero attached hydrogens (tertiary/aromatic N) is 2. The van der Waals surface area contributed by atoms with E-state index in [1.165, 1.54) is 43.6 Å². The van der Waals surface area contributed by atoms with Crippen molar-refractivity contribution in [1.82, 2.24) is 4.98 Å². The maximum absolute atomic E-state index is 15.4. The van der Waals surface area contributed by atoms with Gasteiger partial charge in [-0.25, -0.2) is 13.2 Å². The smallest absolute Gasteiger partial charge is 0.258 e. The van der Waals surface area contributed by atoms with Crippen LogP contribution in [-0.4, -0.2) is 36.6 Å². The van der Waals surface area contributed by atoms with E-state index < -0.39 is 23.4 Å². The van der Waals surface area contributed by atoms with Crippen molar-refractivity contribution in [2.45, 2.75) is 25.4 Å². The second kappa shape index (κ2) is 9.11. The lowest BCUT2D eigenvalue weighted by molar-refractivity contribution is 0.102. The number of nitrogens with two attached hydrogens (primary N) is 1. The molecule has 1 aliphatic heterocycles. The molecule has 0 saturated carbocycles. The zero-order valence-corrected chi connectivity index (χ0v) is 18.1. The molecule has 1 aliphatic rings. The van der Waals surface area contributed by atoms with Crippen LogP contribution in [0.5, 0.6) is 5.75 Å². The maximum atomic E-state index is 15.4. The molecule has 33 heavy (non-hydrogen) atoms. The molecule has 6 nitrogen and oxygen atoms in total. The number of anilines is 2. The second-order valence-electron chi connectivity index (χ2n) is 7.95. The van der Waals surface area contributed by atoms with Gasteiger partial charge in [-0.05, 0) is 49.7 Å². The van der Waals surface area contributed by atoms with Gasteiger partial charge < -0.3 is 20.7 Å². The zero-order valence-electron chi connectivity index (χ0n) is 18.1. The van der Waals surface area contributed by atoms with Crippen LogP contribution in [-0.2, 0) is 0 Å². The highest BCUT2D eigenvalue weighted by atomic mass is 19.1. The van der Waals surface area contributed by atoms with Gasteiger partial charge in [0, 0.05) is 24.8 Å². The number of hydrogen-bond donors (Lipinski definition) is 2. The quantitative estimate of drug-likeness (QED) is 0.597. The van der Waals surface area contributed by atoms with Crippen LogP contribution in [0.3, 0.4) is 0 Å².